The number of ether oxygens (including phenoxy) is 1. The Morgan fingerprint density at radius 2 is 1.88 bits per heavy atom. The monoisotopic (exact) mass is 342 g/mol. The van der Waals surface area contributed by atoms with E-state index in [-0.39, 0.29) is 12.3 Å². The molecule has 5 nitrogen and oxygen atoms in total. The van der Waals surface area contributed by atoms with Crippen LogP contribution >= 0.6 is 11.6 Å². The van der Waals surface area contributed by atoms with Gasteiger partial charge in [-0.2, -0.15) is 5.26 Å². The number of benzene rings is 2. The molecule has 0 aliphatic carbocycles. The smallest absolute Gasteiger partial charge is 0.307 e. The summed E-state index contributed by atoms with van der Waals surface area (Å²) in [5.41, 5.74) is 1.48. The second kappa shape index (κ2) is 8.14. The van der Waals surface area contributed by atoms with Gasteiger partial charge in [-0.1, -0.05) is 29.8 Å². The van der Waals surface area contributed by atoms with Gasteiger partial charge in [-0.05, 0) is 35.9 Å². The molecule has 0 aromatic heterocycles. The van der Waals surface area contributed by atoms with Crippen molar-refractivity contribution in [2.75, 3.05) is 7.11 Å². The Labute approximate surface area is 144 Å². The SMILES string of the molecule is COC(=O)CC(NC(=O)c1ccc(C#N)cc1)c1ccccc1Cl. The first-order valence-corrected chi connectivity index (χ1v) is 7.55. The number of carbonyl (C=O) groups excluding carboxylic acids is 2. The van der Waals surface area contributed by atoms with Crippen molar-refractivity contribution in [2.24, 2.45) is 0 Å². The molecule has 0 fully saturated rings. The molecule has 2 rings (SSSR count). The Hall–Kier alpha value is -2.84. The molecule has 0 saturated carbocycles. The predicted molar refractivity (Wildman–Crippen MR) is 89.4 cm³/mol. The van der Waals surface area contributed by atoms with Crippen LogP contribution in [0.4, 0.5) is 0 Å². The van der Waals surface area contributed by atoms with Crippen LogP contribution in [0, 0.1) is 11.3 Å². The fourth-order valence-corrected chi connectivity index (χ4v) is 2.45. The zero-order chi connectivity index (χ0) is 17.5. The van der Waals surface area contributed by atoms with E-state index in [4.69, 9.17) is 21.6 Å². The number of hydrogen-bond donors (Lipinski definition) is 1. The average Bonchev–Trinajstić information content (AvgIpc) is 2.61. The summed E-state index contributed by atoms with van der Waals surface area (Å²) in [5.74, 6) is -0.826. The molecule has 0 aliphatic rings. The molecule has 2 aromatic carbocycles. The molecule has 6 heteroatoms. The van der Waals surface area contributed by atoms with Gasteiger partial charge < -0.3 is 10.1 Å². The summed E-state index contributed by atoms with van der Waals surface area (Å²) in [6, 6.07) is 14.6. The number of hydrogen-bond acceptors (Lipinski definition) is 4. The molecule has 0 spiro atoms. The standard InChI is InChI=1S/C18H15ClN2O3/c1-24-17(22)10-16(14-4-2-3-5-15(14)19)21-18(23)13-8-6-12(11-20)7-9-13/h2-9,16H,10H2,1H3,(H,21,23). The Morgan fingerprint density at radius 1 is 1.21 bits per heavy atom. The van der Waals surface area contributed by atoms with Gasteiger partial charge in [0.15, 0.2) is 0 Å². The number of rotatable bonds is 5. The molecule has 1 unspecified atom stereocenters. The fourth-order valence-electron chi connectivity index (χ4n) is 2.18. The van der Waals surface area contributed by atoms with Gasteiger partial charge in [0.2, 0.25) is 0 Å². The molecule has 0 aliphatic heterocycles. The fraction of sp³-hybridized carbons (Fsp3) is 0.167. The van der Waals surface area contributed by atoms with E-state index >= 15 is 0 Å². The number of halogens is 1. The van der Waals surface area contributed by atoms with Crippen molar-refractivity contribution in [1.82, 2.24) is 5.32 Å². The van der Waals surface area contributed by atoms with Crippen molar-refractivity contribution in [1.29, 1.82) is 5.26 Å². The van der Waals surface area contributed by atoms with Crippen molar-refractivity contribution >= 4 is 23.5 Å². The Balaban J connectivity index is 2.24. The molecule has 1 amide bonds. The largest absolute Gasteiger partial charge is 0.469 e. The van der Waals surface area contributed by atoms with Crippen LogP contribution in [0.1, 0.15) is 33.9 Å². The molecule has 0 bridgehead atoms. The molecule has 122 valence electrons. The molecular weight excluding hydrogens is 328 g/mol. The van der Waals surface area contributed by atoms with E-state index in [0.717, 1.165) is 0 Å². The zero-order valence-corrected chi connectivity index (χ0v) is 13.7. The summed E-state index contributed by atoms with van der Waals surface area (Å²) in [6.45, 7) is 0. The van der Waals surface area contributed by atoms with Gasteiger partial charge in [-0.25, -0.2) is 0 Å². The maximum absolute atomic E-state index is 12.4. The van der Waals surface area contributed by atoms with Crippen LogP contribution in [-0.4, -0.2) is 19.0 Å². The van der Waals surface area contributed by atoms with E-state index in [0.29, 0.717) is 21.7 Å². The highest BCUT2D eigenvalue weighted by Gasteiger charge is 2.21. The summed E-state index contributed by atoms with van der Waals surface area (Å²) in [6.07, 6.45) is -0.0394. The zero-order valence-electron chi connectivity index (χ0n) is 13.0. The van der Waals surface area contributed by atoms with E-state index in [2.05, 4.69) is 5.32 Å². The Morgan fingerprint density at radius 3 is 2.46 bits per heavy atom. The second-order valence-corrected chi connectivity index (χ2v) is 5.42. The number of carbonyl (C=O) groups is 2. The number of esters is 1. The number of amides is 1. The van der Waals surface area contributed by atoms with Crippen LogP contribution in [-0.2, 0) is 9.53 Å². The first kappa shape index (κ1) is 17.5. The minimum absolute atomic E-state index is 0.0394. The molecular formula is C18H15ClN2O3. The molecule has 24 heavy (non-hydrogen) atoms. The van der Waals surface area contributed by atoms with E-state index < -0.39 is 12.0 Å². The number of nitrogens with one attached hydrogen (secondary N) is 1. The maximum Gasteiger partial charge on any atom is 0.307 e. The molecule has 0 heterocycles. The third-order valence-electron chi connectivity index (χ3n) is 3.46. The van der Waals surface area contributed by atoms with Crippen molar-refractivity contribution in [2.45, 2.75) is 12.5 Å². The summed E-state index contributed by atoms with van der Waals surface area (Å²) >= 11 is 6.18. The highest BCUT2D eigenvalue weighted by Crippen LogP contribution is 2.25. The second-order valence-electron chi connectivity index (χ2n) is 5.02. The van der Waals surface area contributed by atoms with E-state index in [9.17, 15) is 9.59 Å². The first-order chi connectivity index (χ1) is 11.5. The number of methoxy groups -OCH3 is 1. The van der Waals surface area contributed by atoms with Crippen molar-refractivity contribution in [3.05, 3.63) is 70.2 Å². The quantitative estimate of drug-likeness (QED) is 0.846. The lowest BCUT2D eigenvalue weighted by molar-refractivity contribution is -0.141. The Kier molecular flexibility index (Phi) is 5.94. The van der Waals surface area contributed by atoms with Gasteiger partial charge in [0, 0.05) is 10.6 Å². The Bertz CT molecular complexity index is 782. The van der Waals surface area contributed by atoms with E-state index in [1.165, 1.54) is 7.11 Å². The van der Waals surface area contributed by atoms with Gasteiger partial charge >= 0.3 is 5.97 Å². The van der Waals surface area contributed by atoms with Crippen LogP contribution in [0.15, 0.2) is 48.5 Å². The van der Waals surface area contributed by atoms with E-state index in [1.54, 1.807) is 48.5 Å². The first-order valence-electron chi connectivity index (χ1n) is 7.17. The van der Waals surface area contributed by atoms with Crippen molar-refractivity contribution < 1.29 is 14.3 Å². The lowest BCUT2D eigenvalue weighted by Gasteiger charge is -2.19. The third kappa shape index (κ3) is 4.34. The molecule has 0 radical (unpaired) electrons. The van der Waals surface area contributed by atoms with Gasteiger partial charge in [0.1, 0.15) is 0 Å². The topological polar surface area (TPSA) is 79.2 Å². The van der Waals surface area contributed by atoms with Gasteiger partial charge in [-0.3, -0.25) is 9.59 Å². The summed E-state index contributed by atoms with van der Waals surface area (Å²) in [5, 5.41) is 12.0. The highest BCUT2D eigenvalue weighted by molar-refractivity contribution is 6.31. The summed E-state index contributed by atoms with van der Waals surface area (Å²) in [7, 11) is 1.29. The number of nitriles is 1. The minimum atomic E-state index is -0.616. The number of nitrogens with zero attached hydrogens (tertiary/aromatic N) is 1. The van der Waals surface area contributed by atoms with Crippen LogP contribution in [0.25, 0.3) is 0 Å². The normalized spacial score (nSPS) is 11.2. The molecule has 1 atom stereocenters. The lowest BCUT2D eigenvalue weighted by Crippen LogP contribution is -2.30. The lowest BCUT2D eigenvalue weighted by atomic mass is 10.0. The minimum Gasteiger partial charge on any atom is -0.469 e. The van der Waals surface area contributed by atoms with Gasteiger partial charge in [-0.15, -0.1) is 0 Å². The van der Waals surface area contributed by atoms with Crippen LogP contribution in [0.3, 0.4) is 0 Å². The van der Waals surface area contributed by atoms with Crippen LogP contribution in [0.5, 0.6) is 0 Å². The van der Waals surface area contributed by atoms with Crippen molar-refractivity contribution in [3.63, 3.8) is 0 Å². The van der Waals surface area contributed by atoms with Gasteiger partial charge in [0.05, 0.1) is 31.2 Å². The maximum atomic E-state index is 12.4. The van der Waals surface area contributed by atoms with Gasteiger partial charge in [0.25, 0.3) is 5.91 Å². The molecule has 1 N–H and O–H groups in total. The third-order valence-corrected chi connectivity index (χ3v) is 3.80. The van der Waals surface area contributed by atoms with Crippen LogP contribution in [0.2, 0.25) is 5.02 Å². The van der Waals surface area contributed by atoms with Crippen LogP contribution < -0.4 is 5.32 Å². The predicted octanol–water partition coefficient (Wildman–Crippen LogP) is 3.25. The summed E-state index contributed by atoms with van der Waals surface area (Å²) in [4.78, 5) is 24.1. The summed E-state index contributed by atoms with van der Waals surface area (Å²) < 4.78 is 4.69. The molecule has 2 aromatic rings. The molecule has 0 saturated heterocycles. The van der Waals surface area contributed by atoms with Crippen molar-refractivity contribution in [3.8, 4) is 6.07 Å². The highest BCUT2D eigenvalue weighted by atomic mass is 35.5. The van der Waals surface area contributed by atoms with E-state index in [1.807, 2.05) is 6.07 Å². The average molecular weight is 343 g/mol.